The molecule has 0 radical (unpaired) electrons. The van der Waals surface area contributed by atoms with Gasteiger partial charge >= 0.3 is 0 Å². The molecule has 6 aliphatic heterocycles. The van der Waals surface area contributed by atoms with Crippen LogP contribution in [0.4, 0.5) is 0 Å². The maximum absolute atomic E-state index is 13.6. The van der Waals surface area contributed by atoms with Crippen molar-refractivity contribution in [3.8, 4) is 0 Å². The fourth-order valence-corrected chi connectivity index (χ4v) is 8.12. The predicted octanol–water partition coefficient (Wildman–Crippen LogP) is 1.32. The number of amides is 4. The number of likely N-dealkylation sites (tertiary alicyclic amines) is 2. The monoisotopic (exact) mass is 578 g/mol. The lowest BCUT2D eigenvalue weighted by molar-refractivity contribution is -0.136. The molecular weight excluding hydrogens is 532 g/mol. The second-order valence-corrected chi connectivity index (χ2v) is 13.1. The minimum atomic E-state index is -0.639. The van der Waals surface area contributed by atoms with Crippen LogP contribution < -0.4 is 10.6 Å². The van der Waals surface area contributed by atoms with Crippen LogP contribution in [0.25, 0.3) is 0 Å². The maximum Gasteiger partial charge on any atom is 0.254 e. The quantitative estimate of drug-likeness (QED) is 0.521. The van der Waals surface area contributed by atoms with Crippen LogP contribution in [0.2, 0.25) is 0 Å². The van der Waals surface area contributed by atoms with Gasteiger partial charge in [0.2, 0.25) is 17.7 Å². The maximum atomic E-state index is 13.6. The minimum absolute atomic E-state index is 0.00437. The number of hydrogen-bond acceptors (Lipinski definition) is 6. The van der Waals surface area contributed by atoms with Crippen LogP contribution in [-0.4, -0.2) is 120 Å². The van der Waals surface area contributed by atoms with E-state index in [2.05, 4.69) is 27.5 Å². The summed E-state index contributed by atoms with van der Waals surface area (Å²) in [5.41, 5.74) is 0.544. The Labute approximate surface area is 249 Å². The van der Waals surface area contributed by atoms with Crippen molar-refractivity contribution in [1.29, 1.82) is 0 Å². The Balaban J connectivity index is 1.24. The zero-order chi connectivity index (χ0) is 29.2. The zero-order valence-corrected chi connectivity index (χ0v) is 24.9. The van der Waals surface area contributed by atoms with E-state index in [-0.39, 0.29) is 35.7 Å². The molecule has 10 nitrogen and oxygen atoms in total. The topological polar surface area (TPSA) is 105 Å². The number of carbonyl (C=O) groups excluding carboxylic acids is 4. The van der Waals surface area contributed by atoms with E-state index in [9.17, 15) is 19.2 Å². The number of hydrogen-bond donors (Lipinski definition) is 2. The lowest BCUT2D eigenvalue weighted by atomic mass is 9.81. The van der Waals surface area contributed by atoms with E-state index < -0.39 is 6.04 Å². The molecule has 5 atom stereocenters. The van der Waals surface area contributed by atoms with Crippen molar-refractivity contribution in [2.24, 2.45) is 11.8 Å². The van der Waals surface area contributed by atoms with E-state index >= 15 is 0 Å². The van der Waals surface area contributed by atoms with Gasteiger partial charge in [0.05, 0.1) is 6.04 Å². The molecule has 4 amide bonds. The first-order valence-electron chi connectivity index (χ1n) is 16.0. The molecule has 2 N–H and O–H groups in total. The molecule has 0 aliphatic carbocycles. The first-order chi connectivity index (χ1) is 20.4. The standard InChI is InChI=1S/C32H46N6O4/c1-35-15-10-23-18-29(39)36-16-11-26(12-17-36)37-14-5-8-27(37)31(41)34-25-19-28(30(40)33-13-9-24(23)20-35)38(21-25)32(42)22-6-3-2-4-7-22/h2-4,6-7,23-28H,5,8-21H2,1H3,(H,33,40)(H,34,41)/t23-,24-,25-,27-,28-/m0/s1. The van der Waals surface area contributed by atoms with Crippen molar-refractivity contribution >= 4 is 23.6 Å². The predicted molar refractivity (Wildman–Crippen MR) is 158 cm³/mol. The van der Waals surface area contributed by atoms with Gasteiger partial charge < -0.3 is 25.3 Å². The highest BCUT2D eigenvalue weighted by Gasteiger charge is 2.43. The summed E-state index contributed by atoms with van der Waals surface area (Å²) in [6, 6.07) is 8.25. The molecule has 42 heavy (non-hydrogen) atoms. The average molecular weight is 579 g/mol. The van der Waals surface area contributed by atoms with E-state index in [4.69, 9.17) is 0 Å². The van der Waals surface area contributed by atoms with Crippen molar-refractivity contribution in [3.63, 3.8) is 0 Å². The van der Waals surface area contributed by atoms with Crippen molar-refractivity contribution < 1.29 is 19.2 Å². The summed E-state index contributed by atoms with van der Waals surface area (Å²) >= 11 is 0. The van der Waals surface area contributed by atoms with Gasteiger partial charge in [-0.15, -0.1) is 0 Å². The van der Waals surface area contributed by atoms with Crippen LogP contribution in [0, 0.1) is 11.8 Å². The van der Waals surface area contributed by atoms with Gasteiger partial charge in [-0.1, -0.05) is 18.2 Å². The molecule has 1 aromatic carbocycles. The Kier molecular flexibility index (Phi) is 8.81. The summed E-state index contributed by atoms with van der Waals surface area (Å²) in [5, 5.41) is 6.36. The van der Waals surface area contributed by atoms with Gasteiger partial charge in [-0.2, -0.15) is 0 Å². The van der Waals surface area contributed by atoms with Crippen LogP contribution >= 0.6 is 0 Å². The molecule has 6 saturated heterocycles. The molecule has 7 rings (SSSR count). The van der Waals surface area contributed by atoms with Crippen molar-refractivity contribution in [1.82, 2.24) is 30.2 Å². The fraction of sp³-hybridized carbons (Fsp3) is 0.688. The summed E-state index contributed by atoms with van der Waals surface area (Å²) in [6.07, 6.45) is 6.34. The molecule has 0 saturated carbocycles. The normalized spacial score (nSPS) is 33.7. The molecule has 4 bridgehead atoms. The van der Waals surface area contributed by atoms with Crippen molar-refractivity contribution in [2.75, 3.05) is 52.9 Å². The third-order valence-corrected chi connectivity index (χ3v) is 10.5. The van der Waals surface area contributed by atoms with Gasteiger partial charge in [0.15, 0.2) is 0 Å². The van der Waals surface area contributed by atoms with E-state index in [1.807, 2.05) is 23.1 Å². The molecule has 0 spiro atoms. The van der Waals surface area contributed by atoms with Crippen molar-refractivity contribution in [2.45, 2.75) is 75.5 Å². The van der Waals surface area contributed by atoms with Crippen LogP contribution in [0.1, 0.15) is 61.7 Å². The Hall–Kier alpha value is -2.98. The van der Waals surface area contributed by atoms with E-state index in [1.54, 1.807) is 17.0 Å². The summed E-state index contributed by atoms with van der Waals surface area (Å²) < 4.78 is 0. The fourth-order valence-electron chi connectivity index (χ4n) is 8.12. The molecule has 228 valence electrons. The highest BCUT2D eigenvalue weighted by atomic mass is 16.2. The van der Waals surface area contributed by atoms with Gasteiger partial charge in [0.1, 0.15) is 6.04 Å². The Morgan fingerprint density at radius 3 is 2.40 bits per heavy atom. The zero-order valence-electron chi connectivity index (χ0n) is 24.9. The smallest absolute Gasteiger partial charge is 0.254 e. The van der Waals surface area contributed by atoms with Gasteiger partial charge in [-0.3, -0.25) is 24.1 Å². The molecule has 10 heteroatoms. The molecule has 0 unspecified atom stereocenters. The van der Waals surface area contributed by atoms with Gasteiger partial charge in [0.25, 0.3) is 5.91 Å². The lowest BCUT2D eigenvalue weighted by Crippen LogP contribution is -2.53. The van der Waals surface area contributed by atoms with Crippen LogP contribution in [0.15, 0.2) is 30.3 Å². The molecule has 6 aliphatic rings. The molecule has 0 aromatic heterocycles. The Bertz CT molecular complexity index is 1150. The Morgan fingerprint density at radius 1 is 0.833 bits per heavy atom. The number of fused-ring (bicyclic) bond motifs is 7. The second kappa shape index (κ2) is 12.7. The van der Waals surface area contributed by atoms with Crippen LogP contribution in [0.5, 0.6) is 0 Å². The second-order valence-electron chi connectivity index (χ2n) is 13.1. The molecule has 1 aromatic rings. The van der Waals surface area contributed by atoms with E-state index in [0.29, 0.717) is 49.4 Å². The van der Waals surface area contributed by atoms with Gasteiger partial charge in [-0.25, -0.2) is 0 Å². The van der Waals surface area contributed by atoms with Crippen molar-refractivity contribution in [3.05, 3.63) is 35.9 Å². The third kappa shape index (κ3) is 6.20. The number of benzene rings is 1. The number of nitrogens with one attached hydrogen (secondary N) is 2. The minimum Gasteiger partial charge on any atom is -0.354 e. The molecule has 6 fully saturated rings. The largest absolute Gasteiger partial charge is 0.354 e. The number of nitrogens with zero attached hydrogens (tertiary/aromatic N) is 4. The summed E-state index contributed by atoms with van der Waals surface area (Å²) in [6.45, 7) is 5.13. The average Bonchev–Trinajstić information content (AvgIpc) is 3.66. The van der Waals surface area contributed by atoms with E-state index in [0.717, 1.165) is 71.2 Å². The van der Waals surface area contributed by atoms with Crippen LogP contribution in [0.3, 0.4) is 0 Å². The SMILES string of the molecule is CN1CC[C@H]2CC(=O)N3CCC(CC3)N3CCC[C@H]3C(=O)N[C@H]3C[C@@H](C(=O)NCC[C@H]2C1)N(C(=O)c1ccccc1)C3. The highest BCUT2D eigenvalue weighted by molar-refractivity contribution is 5.98. The first kappa shape index (κ1) is 29.1. The van der Waals surface area contributed by atoms with Gasteiger partial charge in [0, 0.05) is 56.8 Å². The summed E-state index contributed by atoms with van der Waals surface area (Å²) in [4.78, 5) is 62.6. The molecule has 6 heterocycles. The highest BCUT2D eigenvalue weighted by Crippen LogP contribution is 2.31. The summed E-state index contributed by atoms with van der Waals surface area (Å²) in [5.74, 6) is 0.528. The number of piperidine rings is 2. The third-order valence-electron chi connectivity index (χ3n) is 10.5. The van der Waals surface area contributed by atoms with Crippen LogP contribution in [-0.2, 0) is 14.4 Å². The number of rotatable bonds is 1. The van der Waals surface area contributed by atoms with Gasteiger partial charge in [-0.05, 0) is 89.1 Å². The Morgan fingerprint density at radius 2 is 1.62 bits per heavy atom. The lowest BCUT2D eigenvalue weighted by Gasteiger charge is -2.41. The molecular formula is C32H46N6O4. The van der Waals surface area contributed by atoms with E-state index in [1.165, 1.54) is 0 Å². The summed E-state index contributed by atoms with van der Waals surface area (Å²) in [7, 11) is 2.13. The number of carbonyl (C=O) groups is 4. The first-order valence-corrected chi connectivity index (χ1v) is 16.0.